The van der Waals surface area contributed by atoms with Gasteiger partial charge in [0.15, 0.2) is 5.82 Å². The van der Waals surface area contributed by atoms with Crippen LogP contribution in [0.5, 0.6) is 0 Å². The van der Waals surface area contributed by atoms with Crippen molar-refractivity contribution in [2.45, 2.75) is 9.92 Å². The first kappa shape index (κ1) is 17.9. The van der Waals surface area contributed by atoms with Crippen molar-refractivity contribution in [3.05, 3.63) is 75.0 Å². The molecule has 0 unspecified atom stereocenters. The molecule has 134 valence electrons. The second kappa shape index (κ2) is 7.23. The second-order valence-corrected chi connectivity index (χ2v) is 7.67. The molecule has 0 amide bonds. The maximum Gasteiger partial charge on any atom is 0.272 e. The maximum absolute atomic E-state index is 12.4. The highest BCUT2D eigenvalue weighted by Crippen LogP contribution is 2.36. The average molecular weight is 415 g/mol. The molecule has 27 heavy (non-hydrogen) atoms. The van der Waals surface area contributed by atoms with E-state index in [-0.39, 0.29) is 11.4 Å². The number of nitrogens with zero attached hydrogens (tertiary/aromatic N) is 2. The van der Waals surface area contributed by atoms with Gasteiger partial charge in [0.05, 0.1) is 16.5 Å². The lowest BCUT2D eigenvalue weighted by atomic mass is 10.1. The van der Waals surface area contributed by atoms with Crippen molar-refractivity contribution in [2.75, 3.05) is 5.73 Å². The van der Waals surface area contributed by atoms with Crippen LogP contribution in [0.4, 0.5) is 5.82 Å². The van der Waals surface area contributed by atoms with E-state index in [1.165, 1.54) is 11.8 Å². The summed E-state index contributed by atoms with van der Waals surface area (Å²) in [5.41, 5.74) is 7.20. The number of rotatable bonds is 3. The Morgan fingerprint density at radius 2 is 1.59 bits per heavy atom. The van der Waals surface area contributed by atoms with Crippen LogP contribution in [0.15, 0.2) is 69.3 Å². The minimum absolute atomic E-state index is 0.219. The molecule has 0 aliphatic heterocycles. The summed E-state index contributed by atoms with van der Waals surface area (Å²) in [6.45, 7) is 0. The SMILES string of the molecule is Nc1n[nH]c(=O)c2cc(-c3ccc(Cl)cc3)nc(Sc3ccc(Cl)cc3)c12. The van der Waals surface area contributed by atoms with Crippen molar-refractivity contribution >= 4 is 51.6 Å². The van der Waals surface area contributed by atoms with Crippen LogP contribution in [0, 0.1) is 0 Å². The molecule has 2 aromatic carbocycles. The molecule has 0 radical (unpaired) electrons. The van der Waals surface area contributed by atoms with Crippen LogP contribution in [0.3, 0.4) is 0 Å². The molecule has 2 aromatic heterocycles. The predicted molar refractivity (Wildman–Crippen MR) is 111 cm³/mol. The third-order valence-electron chi connectivity index (χ3n) is 3.93. The zero-order valence-electron chi connectivity index (χ0n) is 13.7. The molecule has 0 saturated heterocycles. The Morgan fingerprint density at radius 1 is 0.963 bits per heavy atom. The zero-order chi connectivity index (χ0) is 19.0. The predicted octanol–water partition coefficient (Wildman–Crippen LogP) is 5.03. The fourth-order valence-electron chi connectivity index (χ4n) is 2.63. The van der Waals surface area contributed by atoms with Crippen molar-refractivity contribution in [3.8, 4) is 11.3 Å². The summed E-state index contributed by atoms with van der Waals surface area (Å²) in [4.78, 5) is 18.0. The third kappa shape index (κ3) is 3.64. The quantitative estimate of drug-likeness (QED) is 0.491. The van der Waals surface area contributed by atoms with E-state index >= 15 is 0 Å². The van der Waals surface area contributed by atoms with Gasteiger partial charge in [-0.1, -0.05) is 47.1 Å². The summed E-state index contributed by atoms with van der Waals surface area (Å²) in [5.74, 6) is 0.219. The van der Waals surface area contributed by atoms with Crippen LogP contribution in [0.1, 0.15) is 0 Å². The summed E-state index contributed by atoms with van der Waals surface area (Å²) in [7, 11) is 0. The lowest BCUT2D eigenvalue weighted by molar-refractivity contribution is 1.01. The van der Waals surface area contributed by atoms with Gasteiger partial charge in [0.25, 0.3) is 5.56 Å². The van der Waals surface area contributed by atoms with Crippen LogP contribution < -0.4 is 11.3 Å². The maximum atomic E-state index is 12.4. The second-order valence-electron chi connectivity index (χ2n) is 5.74. The molecule has 0 aliphatic carbocycles. The molecule has 0 atom stereocenters. The first-order valence-corrected chi connectivity index (χ1v) is 9.47. The first-order chi connectivity index (χ1) is 13.0. The molecular formula is C19H12Cl2N4OS. The number of H-pyrrole nitrogens is 1. The van der Waals surface area contributed by atoms with E-state index in [1.54, 1.807) is 30.3 Å². The number of hydrogen-bond donors (Lipinski definition) is 2. The summed E-state index contributed by atoms with van der Waals surface area (Å²) in [6.07, 6.45) is 0. The van der Waals surface area contributed by atoms with Gasteiger partial charge in [0, 0.05) is 20.5 Å². The van der Waals surface area contributed by atoms with Gasteiger partial charge in [-0.25, -0.2) is 10.1 Å². The lowest BCUT2D eigenvalue weighted by Gasteiger charge is -2.10. The Morgan fingerprint density at radius 3 is 2.26 bits per heavy atom. The number of aromatic nitrogens is 3. The molecule has 0 saturated carbocycles. The van der Waals surface area contributed by atoms with Gasteiger partial charge in [0.2, 0.25) is 0 Å². The summed E-state index contributed by atoms with van der Waals surface area (Å²) in [6, 6.07) is 16.3. The van der Waals surface area contributed by atoms with E-state index in [2.05, 4.69) is 10.2 Å². The largest absolute Gasteiger partial charge is 0.382 e. The van der Waals surface area contributed by atoms with Crippen LogP contribution in [-0.2, 0) is 0 Å². The summed E-state index contributed by atoms with van der Waals surface area (Å²) in [5, 5.41) is 9.13. The van der Waals surface area contributed by atoms with E-state index in [0.717, 1.165) is 10.5 Å². The van der Waals surface area contributed by atoms with Gasteiger partial charge in [-0.3, -0.25) is 4.79 Å². The number of nitrogen functional groups attached to an aromatic ring is 1. The number of anilines is 1. The molecule has 0 aliphatic rings. The lowest BCUT2D eigenvalue weighted by Crippen LogP contribution is -2.12. The van der Waals surface area contributed by atoms with E-state index in [4.69, 9.17) is 33.9 Å². The topological polar surface area (TPSA) is 84.7 Å². The van der Waals surface area contributed by atoms with Crippen molar-refractivity contribution in [3.63, 3.8) is 0 Å². The monoisotopic (exact) mass is 414 g/mol. The number of hydrogen-bond acceptors (Lipinski definition) is 5. The van der Waals surface area contributed by atoms with E-state index < -0.39 is 0 Å². The number of nitrogens with two attached hydrogens (primary N) is 1. The van der Waals surface area contributed by atoms with Crippen LogP contribution >= 0.6 is 35.0 Å². The molecule has 4 aromatic rings. The number of aromatic amines is 1. The number of halogens is 2. The van der Waals surface area contributed by atoms with Crippen molar-refractivity contribution in [2.24, 2.45) is 0 Å². The van der Waals surface area contributed by atoms with Gasteiger partial charge >= 0.3 is 0 Å². The van der Waals surface area contributed by atoms with E-state index in [9.17, 15) is 4.79 Å². The zero-order valence-corrected chi connectivity index (χ0v) is 16.1. The molecule has 0 bridgehead atoms. The normalized spacial score (nSPS) is 11.0. The highest BCUT2D eigenvalue weighted by atomic mass is 35.5. The minimum Gasteiger partial charge on any atom is -0.382 e. The van der Waals surface area contributed by atoms with E-state index in [0.29, 0.717) is 31.5 Å². The number of benzene rings is 2. The van der Waals surface area contributed by atoms with Crippen molar-refractivity contribution in [1.82, 2.24) is 15.2 Å². The molecule has 0 spiro atoms. The Labute approximate surface area is 168 Å². The van der Waals surface area contributed by atoms with Gasteiger partial charge in [-0.15, -0.1) is 0 Å². The number of fused-ring (bicyclic) bond motifs is 1. The molecule has 2 heterocycles. The van der Waals surface area contributed by atoms with Crippen LogP contribution in [0.2, 0.25) is 10.0 Å². The number of nitrogens with one attached hydrogen (secondary N) is 1. The van der Waals surface area contributed by atoms with Crippen molar-refractivity contribution in [1.29, 1.82) is 0 Å². The van der Waals surface area contributed by atoms with Gasteiger partial charge in [-0.05, 0) is 42.5 Å². The Hall–Kier alpha value is -2.54. The fourth-order valence-corrected chi connectivity index (χ4v) is 3.84. The van der Waals surface area contributed by atoms with Gasteiger partial charge < -0.3 is 5.73 Å². The smallest absolute Gasteiger partial charge is 0.272 e. The highest BCUT2D eigenvalue weighted by Gasteiger charge is 2.15. The van der Waals surface area contributed by atoms with Crippen LogP contribution in [-0.4, -0.2) is 15.2 Å². The Bertz CT molecular complexity index is 1190. The Balaban J connectivity index is 1.94. The fraction of sp³-hybridized carbons (Fsp3) is 0. The molecule has 8 heteroatoms. The van der Waals surface area contributed by atoms with E-state index in [1.807, 2.05) is 24.3 Å². The molecule has 0 fully saturated rings. The van der Waals surface area contributed by atoms with Crippen LogP contribution in [0.25, 0.3) is 22.0 Å². The number of pyridine rings is 1. The van der Waals surface area contributed by atoms with Crippen molar-refractivity contribution < 1.29 is 0 Å². The third-order valence-corrected chi connectivity index (χ3v) is 5.43. The molecule has 4 rings (SSSR count). The molecule has 5 nitrogen and oxygen atoms in total. The molecular weight excluding hydrogens is 403 g/mol. The Kier molecular flexibility index (Phi) is 4.78. The van der Waals surface area contributed by atoms with Gasteiger partial charge in [-0.2, -0.15) is 5.10 Å². The minimum atomic E-state index is -0.324. The standard InChI is InChI=1S/C19H12Cl2N4OS/c20-11-3-1-10(2-4-11)15-9-14-16(17(22)24-25-18(14)26)19(23-15)27-13-7-5-12(21)6-8-13/h1-9H,(H2,22,24)(H,25,26). The summed E-state index contributed by atoms with van der Waals surface area (Å²) < 4.78 is 0. The summed E-state index contributed by atoms with van der Waals surface area (Å²) >= 11 is 13.3. The average Bonchev–Trinajstić information content (AvgIpc) is 2.67. The molecule has 3 N–H and O–H groups in total. The first-order valence-electron chi connectivity index (χ1n) is 7.89. The highest BCUT2D eigenvalue weighted by molar-refractivity contribution is 7.99. The van der Waals surface area contributed by atoms with Gasteiger partial charge in [0.1, 0.15) is 5.03 Å².